The zero-order chi connectivity index (χ0) is 9.84. The van der Waals surface area contributed by atoms with Crippen LogP contribution < -0.4 is 0 Å². The Morgan fingerprint density at radius 1 is 1.62 bits per heavy atom. The van der Waals surface area contributed by atoms with E-state index >= 15 is 0 Å². The van der Waals surface area contributed by atoms with Gasteiger partial charge >= 0.3 is 0 Å². The van der Waals surface area contributed by atoms with Crippen molar-refractivity contribution in [2.75, 3.05) is 0 Å². The number of nitrogens with zero attached hydrogens (tertiary/aromatic N) is 1. The molecule has 0 aromatic heterocycles. The molecule has 0 aliphatic carbocycles. The van der Waals surface area contributed by atoms with Crippen molar-refractivity contribution in [3.05, 3.63) is 34.3 Å². The highest BCUT2D eigenvalue weighted by molar-refractivity contribution is 6.31. The normalized spacial score (nSPS) is 12.2. The first-order valence-corrected chi connectivity index (χ1v) is 4.34. The van der Waals surface area contributed by atoms with Gasteiger partial charge in [-0.3, -0.25) is 0 Å². The summed E-state index contributed by atoms with van der Waals surface area (Å²) in [5.74, 6) is 0. The molecule has 1 aromatic carbocycles. The highest BCUT2D eigenvalue weighted by Gasteiger charge is 2.10. The van der Waals surface area contributed by atoms with E-state index in [1.54, 1.807) is 12.1 Å². The van der Waals surface area contributed by atoms with Gasteiger partial charge in [0, 0.05) is 10.6 Å². The molecule has 1 rings (SSSR count). The van der Waals surface area contributed by atoms with Crippen LogP contribution in [0.3, 0.4) is 0 Å². The third kappa shape index (κ3) is 2.45. The molecule has 13 heavy (non-hydrogen) atoms. The molecule has 0 aliphatic rings. The van der Waals surface area contributed by atoms with E-state index in [4.69, 9.17) is 16.9 Å². The van der Waals surface area contributed by atoms with Crippen LogP contribution >= 0.6 is 11.6 Å². The van der Waals surface area contributed by atoms with Gasteiger partial charge in [-0.2, -0.15) is 5.26 Å². The number of hydrogen-bond donors (Lipinski definition) is 1. The van der Waals surface area contributed by atoms with Crippen LogP contribution in [0.25, 0.3) is 0 Å². The van der Waals surface area contributed by atoms with Crippen molar-refractivity contribution < 1.29 is 5.11 Å². The minimum absolute atomic E-state index is 0.0726. The van der Waals surface area contributed by atoms with Gasteiger partial charge in [0.25, 0.3) is 0 Å². The SMILES string of the molecule is Cc1ccc(Cl)c(C(O)CC#N)c1. The third-order valence-electron chi connectivity index (χ3n) is 1.80. The molecule has 1 aromatic rings. The Bertz CT molecular complexity index is 343. The molecule has 0 spiro atoms. The predicted octanol–water partition coefficient (Wildman–Crippen LogP) is 2.60. The first-order valence-electron chi connectivity index (χ1n) is 3.96. The largest absolute Gasteiger partial charge is 0.387 e. The molecule has 0 saturated carbocycles. The van der Waals surface area contributed by atoms with Gasteiger partial charge in [-0.1, -0.05) is 29.3 Å². The average Bonchev–Trinajstić information content (AvgIpc) is 2.09. The lowest BCUT2D eigenvalue weighted by Gasteiger charge is -2.09. The summed E-state index contributed by atoms with van der Waals surface area (Å²) in [7, 11) is 0. The second-order valence-electron chi connectivity index (χ2n) is 2.90. The molecular formula is C10H10ClNO. The average molecular weight is 196 g/mol. The van der Waals surface area contributed by atoms with Crippen LogP contribution in [-0.4, -0.2) is 5.11 Å². The molecular weight excluding hydrogens is 186 g/mol. The van der Waals surface area contributed by atoms with Crippen molar-refractivity contribution in [1.29, 1.82) is 5.26 Å². The number of aliphatic hydroxyl groups excluding tert-OH is 1. The maximum absolute atomic E-state index is 9.52. The molecule has 1 atom stereocenters. The molecule has 0 saturated heterocycles. The van der Waals surface area contributed by atoms with Gasteiger partial charge in [-0.15, -0.1) is 0 Å². The number of benzene rings is 1. The van der Waals surface area contributed by atoms with E-state index < -0.39 is 6.10 Å². The van der Waals surface area contributed by atoms with E-state index in [0.717, 1.165) is 5.56 Å². The fourth-order valence-corrected chi connectivity index (χ4v) is 1.36. The fraction of sp³-hybridized carbons (Fsp3) is 0.300. The molecule has 1 N–H and O–H groups in total. The molecule has 1 unspecified atom stereocenters. The van der Waals surface area contributed by atoms with E-state index in [2.05, 4.69) is 0 Å². The fourth-order valence-electron chi connectivity index (χ4n) is 1.11. The first-order chi connectivity index (χ1) is 6.15. The summed E-state index contributed by atoms with van der Waals surface area (Å²) in [6, 6.07) is 7.29. The number of aliphatic hydroxyl groups is 1. The van der Waals surface area contributed by atoms with Gasteiger partial charge in [0.05, 0.1) is 18.6 Å². The van der Waals surface area contributed by atoms with Crippen molar-refractivity contribution in [3.8, 4) is 6.07 Å². The van der Waals surface area contributed by atoms with Crippen LogP contribution in [0.2, 0.25) is 5.02 Å². The first kappa shape index (κ1) is 10.0. The minimum atomic E-state index is -0.780. The number of hydrogen-bond acceptors (Lipinski definition) is 2. The number of aryl methyl sites for hydroxylation is 1. The van der Waals surface area contributed by atoms with E-state index in [9.17, 15) is 5.11 Å². The maximum atomic E-state index is 9.52. The molecule has 2 nitrogen and oxygen atoms in total. The highest BCUT2D eigenvalue weighted by atomic mass is 35.5. The van der Waals surface area contributed by atoms with Crippen molar-refractivity contribution in [1.82, 2.24) is 0 Å². The van der Waals surface area contributed by atoms with E-state index in [-0.39, 0.29) is 6.42 Å². The van der Waals surface area contributed by atoms with Gasteiger partial charge in [0.15, 0.2) is 0 Å². The van der Waals surface area contributed by atoms with Crippen LogP contribution in [0.15, 0.2) is 18.2 Å². The molecule has 0 amide bonds. The molecule has 0 heterocycles. The Balaban J connectivity index is 3.00. The summed E-state index contributed by atoms with van der Waals surface area (Å²) >= 11 is 5.86. The van der Waals surface area contributed by atoms with E-state index in [0.29, 0.717) is 10.6 Å². The highest BCUT2D eigenvalue weighted by Crippen LogP contribution is 2.25. The molecule has 0 radical (unpaired) electrons. The second-order valence-corrected chi connectivity index (χ2v) is 3.31. The van der Waals surface area contributed by atoms with Crippen LogP contribution in [0, 0.1) is 18.3 Å². The zero-order valence-corrected chi connectivity index (χ0v) is 8.04. The summed E-state index contributed by atoms with van der Waals surface area (Å²) in [6.07, 6.45) is -0.708. The smallest absolute Gasteiger partial charge is 0.0934 e. The van der Waals surface area contributed by atoms with Crippen molar-refractivity contribution in [2.45, 2.75) is 19.4 Å². The van der Waals surface area contributed by atoms with Gasteiger partial charge in [-0.05, 0) is 13.0 Å². The Morgan fingerprint density at radius 3 is 2.92 bits per heavy atom. The summed E-state index contributed by atoms with van der Waals surface area (Å²) in [6.45, 7) is 1.92. The Labute approximate surface area is 82.4 Å². The van der Waals surface area contributed by atoms with Gasteiger partial charge in [-0.25, -0.2) is 0 Å². The lowest BCUT2D eigenvalue weighted by atomic mass is 10.0. The van der Waals surface area contributed by atoms with Gasteiger partial charge in [0.1, 0.15) is 0 Å². The van der Waals surface area contributed by atoms with Crippen LogP contribution in [0.5, 0.6) is 0 Å². The lowest BCUT2D eigenvalue weighted by Crippen LogP contribution is -1.97. The van der Waals surface area contributed by atoms with E-state index in [1.165, 1.54) is 0 Å². The summed E-state index contributed by atoms with van der Waals surface area (Å²) in [5.41, 5.74) is 1.65. The molecule has 3 heteroatoms. The second kappa shape index (κ2) is 4.27. The standard InChI is InChI=1S/C10H10ClNO/c1-7-2-3-9(11)8(6-7)10(13)4-5-12/h2-3,6,10,13H,4H2,1H3. The minimum Gasteiger partial charge on any atom is -0.387 e. The molecule has 0 aliphatic heterocycles. The Kier molecular flexibility index (Phi) is 3.30. The van der Waals surface area contributed by atoms with Crippen molar-refractivity contribution >= 4 is 11.6 Å². The molecule has 68 valence electrons. The van der Waals surface area contributed by atoms with Gasteiger partial charge in [0.2, 0.25) is 0 Å². The van der Waals surface area contributed by atoms with Crippen molar-refractivity contribution in [3.63, 3.8) is 0 Å². The van der Waals surface area contributed by atoms with Crippen molar-refractivity contribution in [2.24, 2.45) is 0 Å². The summed E-state index contributed by atoms with van der Waals surface area (Å²) < 4.78 is 0. The molecule has 0 fully saturated rings. The number of rotatable bonds is 2. The maximum Gasteiger partial charge on any atom is 0.0934 e. The number of halogens is 1. The topological polar surface area (TPSA) is 44.0 Å². The van der Waals surface area contributed by atoms with Crippen LogP contribution in [0.4, 0.5) is 0 Å². The predicted molar refractivity (Wildman–Crippen MR) is 51.4 cm³/mol. The van der Waals surface area contributed by atoms with Crippen LogP contribution in [0.1, 0.15) is 23.7 Å². The summed E-state index contributed by atoms with van der Waals surface area (Å²) in [4.78, 5) is 0. The third-order valence-corrected chi connectivity index (χ3v) is 2.14. The van der Waals surface area contributed by atoms with Gasteiger partial charge < -0.3 is 5.11 Å². The van der Waals surface area contributed by atoms with Crippen LogP contribution in [-0.2, 0) is 0 Å². The number of nitriles is 1. The summed E-state index contributed by atoms with van der Waals surface area (Å²) in [5, 5.41) is 18.4. The molecule has 0 bridgehead atoms. The monoisotopic (exact) mass is 195 g/mol. The zero-order valence-electron chi connectivity index (χ0n) is 7.29. The van der Waals surface area contributed by atoms with E-state index in [1.807, 2.05) is 19.1 Å². The lowest BCUT2D eigenvalue weighted by molar-refractivity contribution is 0.183. The Morgan fingerprint density at radius 2 is 2.31 bits per heavy atom. The quantitative estimate of drug-likeness (QED) is 0.789. The Hall–Kier alpha value is -1.04.